The Morgan fingerprint density at radius 1 is 0.929 bits per heavy atom. The second-order valence-electron chi connectivity index (χ2n) is 10.6. The molecular weight excluding hydrogens is 550 g/mol. The lowest BCUT2D eigenvalue weighted by Crippen LogP contribution is -2.46. The van der Waals surface area contributed by atoms with Crippen molar-refractivity contribution >= 4 is 40.5 Å². The van der Waals surface area contributed by atoms with Crippen LogP contribution in [0.3, 0.4) is 0 Å². The van der Waals surface area contributed by atoms with Crippen LogP contribution in [0, 0.1) is 20.8 Å². The molecule has 1 aliphatic rings. The highest BCUT2D eigenvalue weighted by Crippen LogP contribution is 2.31. The van der Waals surface area contributed by atoms with Gasteiger partial charge in [0.15, 0.2) is 0 Å². The van der Waals surface area contributed by atoms with E-state index in [1.807, 2.05) is 66.9 Å². The van der Waals surface area contributed by atoms with E-state index in [-0.39, 0.29) is 0 Å². The van der Waals surface area contributed by atoms with Crippen molar-refractivity contribution in [1.29, 1.82) is 0 Å². The van der Waals surface area contributed by atoms with Gasteiger partial charge in [0, 0.05) is 62.5 Å². The van der Waals surface area contributed by atoms with Crippen molar-refractivity contribution in [2.75, 3.05) is 55.0 Å². The largest absolute Gasteiger partial charge is 0.383 e. The number of hydrogen-bond donors (Lipinski definition) is 1. The number of amides is 1. The van der Waals surface area contributed by atoms with Crippen LogP contribution in [0.25, 0.3) is 11.1 Å². The summed E-state index contributed by atoms with van der Waals surface area (Å²) < 4.78 is 7.10. The Kier molecular flexibility index (Phi) is 8.94. The lowest BCUT2D eigenvalue weighted by atomic mass is 10.0. The van der Waals surface area contributed by atoms with E-state index >= 15 is 0 Å². The Hall–Kier alpha value is -4.14. The second kappa shape index (κ2) is 12.8. The monoisotopic (exact) mass is 585 g/mol. The van der Waals surface area contributed by atoms with E-state index < -0.39 is 11.7 Å². The summed E-state index contributed by atoms with van der Waals surface area (Å²) in [5.74, 6) is -0.366. The number of methoxy groups -OCH3 is 1. The van der Waals surface area contributed by atoms with E-state index in [0.29, 0.717) is 35.1 Å². The molecule has 0 saturated carbocycles. The first-order valence-electron chi connectivity index (χ1n) is 14.1. The third-order valence-electron chi connectivity index (χ3n) is 7.58. The molecule has 2 aromatic heterocycles. The van der Waals surface area contributed by atoms with Gasteiger partial charge < -0.3 is 24.4 Å². The summed E-state index contributed by atoms with van der Waals surface area (Å²) in [6, 6.07) is 21.3. The van der Waals surface area contributed by atoms with Gasteiger partial charge in [-0.1, -0.05) is 41.9 Å². The molecular formula is C33H36ClN5O3. The van der Waals surface area contributed by atoms with Crippen LogP contribution in [-0.2, 0) is 16.1 Å². The first-order chi connectivity index (χ1) is 20.2. The van der Waals surface area contributed by atoms with E-state index in [9.17, 15) is 9.59 Å². The van der Waals surface area contributed by atoms with Gasteiger partial charge in [0.1, 0.15) is 11.5 Å². The van der Waals surface area contributed by atoms with Gasteiger partial charge >= 0.3 is 0 Å². The Morgan fingerprint density at radius 2 is 1.64 bits per heavy atom. The van der Waals surface area contributed by atoms with Crippen LogP contribution in [0.4, 0.5) is 17.2 Å². The van der Waals surface area contributed by atoms with Gasteiger partial charge in [0.25, 0.3) is 11.7 Å². The van der Waals surface area contributed by atoms with Crippen LogP contribution in [0.5, 0.6) is 0 Å². The number of ketones is 1. The number of anilines is 3. The quantitative estimate of drug-likeness (QED) is 0.194. The number of carbonyl (C=O) groups excluding carboxylic acids is 2. The normalized spacial score (nSPS) is 13.4. The number of hydrogen-bond acceptors (Lipinski definition) is 6. The summed E-state index contributed by atoms with van der Waals surface area (Å²) in [6.45, 7) is 10.2. The SMILES string of the molecule is COCCn1c(C)cc(-c2ccccc2)c1C(=O)C(=O)Nc1ccc(N2CCN(c3cc(C)cc(C)n3)CC2)cc1Cl. The number of aromatic nitrogens is 2. The molecule has 1 aliphatic heterocycles. The number of pyridine rings is 1. The fourth-order valence-corrected chi connectivity index (χ4v) is 5.72. The third-order valence-corrected chi connectivity index (χ3v) is 7.90. The first-order valence-corrected chi connectivity index (χ1v) is 14.5. The number of Topliss-reactive ketones (excluding diaryl/α,β-unsaturated/α-hetero) is 1. The van der Waals surface area contributed by atoms with Gasteiger partial charge in [-0.05, 0) is 68.3 Å². The van der Waals surface area contributed by atoms with Gasteiger partial charge in [0.05, 0.1) is 17.3 Å². The number of rotatable bonds is 9. The molecule has 1 saturated heterocycles. The molecule has 1 N–H and O–H groups in total. The molecule has 1 amide bonds. The minimum atomic E-state index is -0.742. The number of halogens is 1. The zero-order valence-electron chi connectivity index (χ0n) is 24.5. The van der Waals surface area contributed by atoms with Crippen LogP contribution >= 0.6 is 11.6 Å². The number of carbonyl (C=O) groups is 2. The van der Waals surface area contributed by atoms with Crippen molar-refractivity contribution in [3.63, 3.8) is 0 Å². The zero-order chi connectivity index (χ0) is 29.8. The molecule has 0 bridgehead atoms. The highest BCUT2D eigenvalue weighted by atomic mass is 35.5. The zero-order valence-corrected chi connectivity index (χ0v) is 25.2. The minimum absolute atomic E-state index is 0.331. The summed E-state index contributed by atoms with van der Waals surface area (Å²) in [5, 5.41) is 3.13. The molecule has 1 fully saturated rings. The van der Waals surface area contributed by atoms with Crippen molar-refractivity contribution in [1.82, 2.24) is 9.55 Å². The number of benzene rings is 2. The number of nitrogens with zero attached hydrogens (tertiary/aromatic N) is 4. The lowest BCUT2D eigenvalue weighted by Gasteiger charge is -2.37. The molecule has 0 aliphatic carbocycles. The fourth-order valence-electron chi connectivity index (χ4n) is 5.49. The van der Waals surface area contributed by atoms with E-state index in [1.54, 1.807) is 13.2 Å². The molecule has 0 spiro atoms. The van der Waals surface area contributed by atoms with Crippen molar-refractivity contribution in [2.45, 2.75) is 27.3 Å². The maximum absolute atomic E-state index is 13.6. The molecule has 0 unspecified atom stereocenters. The Morgan fingerprint density at radius 3 is 2.31 bits per heavy atom. The summed E-state index contributed by atoms with van der Waals surface area (Å²) in [6.07, 6.45) is 0. The van der Waals surface area contributed by atoms with Gasteiger partial charge in [-0.2, -0.15) is 0 Å². The van der Waals surface area contributed by atoms with E-state index in [0.717, 1.165) is 54.6 Å². The van der Waals surface area contributed by atoms with Crippen molar-refractivity contribution < 1.29 is 14.3 Å². The van der Waals surface area contributed by atoms with Gasteiger partial charge in [-0.3, -0.25) is 9.59 Å². The van der Waals surface area contributed by atoms with Crippen LogP contribution in [0.15, 0.2) is 66.7 Å². The summed E-state index contributed by atoms with van der Waals surface area (Å²) in [5.41, 5.74) is 6.36. The highest BCUT2D eigenvalue weighted by molar-refractivity contribution is 6.48. The van der Waals surface area contributed by atoms with Crippen LogP contribution < -0.4 is 15.1 Å². The van der Waals surface area contributed by atoms with Crippen molar-refractivity contribution in [3.05, 3.63) is 94.4 Å². The number of aryl methyl sites for hydroxylation is 3. The number of nitrogens with one attached hydrogen (secondary N) is 1. The highest BCUT2D eigenvalue weighted by Gasteiger charge is 2.27. The van der Waals surface area contributed by atoms with Gasteiger partial charge in [-0.25, -0.2) is 4.98 Å². The van der Waals surface area contributed by atoms with E-state index in [4.69, 9.17) is 21.3 Å². The van der Waals surface area contributed by atoms with E-state index in [1.165, 1.54) is 5.56 Å². The Balaban J connectivity index is 1.30. The molecule has 0 radical (unpaired) electrons. The van der Waals surface area contributed by atoms with Crippen molar-refractivity contribution in [2.24, 2.45) is 0 Å². The molecule has 218 valence electrons. The average molecular weight is 586 g/mol. The molecule has 8 nitrogen and oxygen atoms in total. The fraction of sp³-hybridized carbons (Fsp3) is 0.303. The molecule has 9 heteroatoms. The maximum atomic E-state index is 13.6. The smallest absolute Gasteiger partial charge is 0.298 e. The predicted molar refractivity (Wildman–Crippen MR) is 169 cm³/mol. The van der Waals surface area contributed by atoms with Gasteiger partial charge in [0.2, 0.25) is 0 Å². The molecule has 2 aromatic carbocycles. The van der Waals surface area contributed by atoms with E-state index in [2.05, 4.69) is 34.2 Å². The number of piperazine rings is 1. The van der Waals surface area contributed by atoms with Crippen LogP contribution in [0.1, 0.15) is 27.4 Å². The predicted octanol–water partition coefficient (Wildman–Crippen LogP) is 5.92. The molecule has 4 aromatic rings. The average Bonchev–Trinajstić information content (AvgIpc) is 3.32. The summed E-state index contributed by atoms with van der Waals surface area (Å²) >= 11 is 6.64. The second-order valence-corrected chi connectivity index (χ2v) is 11.0. The summed E-state index contributed by atoms with van der Waals surface area (Å²) in [7, 11) is 1.61. The molecule has 5 rings (SSSR count). The Labute approximate surface area is 251 Å². The summed E-state index contributed by atoms with van der Waals surface area (Å²) in [4.78, 5) is 36.2. The van der Waals surface area contributed by atoms with Crippen LogP contribution in [-0.4, -0.2) is 61.1 Å². The molecule has 42 heavy (non-hydrogen) atoms. The standard InChI is InChI=1S/C33H36ClN5O3/c1-22-18-23(2)35-30(19-22)38-14-12-37(13-15-38)26-10-11-29(28(34)21-26)36-33(41)32(40)31-27(25-8-6-5-7-9-25)20-24(3)39(31)16-17-42-4/h5-11,18-21H,12-17H2,1-4H3,(H,36,41). The Bertz CT molecular complexity index is 1570. The first kappa shape index (κ1) is 29.4. The number of ether oxygens (including phenoxy) is 1. The van der Waals surface area contributed by atoms with Crippen molar-refractivity contribution in [3.8, 4) is 11.1 Å². The third kappa shape index (κ3) is 6.35. The van der Waals surface area contributed by atoms with Crippen LogP contribution in [0.2, 0.25) is 5.02 Å². The molecule has 0 atom stereocenters. The molecule has 3 heterocycles. The maximum Gasteiger partial charge on any atom is 0.298 e. The lowest BCUT2D eigenvalue weighted by molar-refractivity contribution is -0.112. The van der Waals surface area contributed by atoms with Gasteiger partial charge in [-0.15, -0.1) is 0 Å². The topological polar surface area (TPSA) is 79.7 Å². The minimum Gasteiger partial charge on any atom is -0.383 e.